The predicted molar refractivity (Wildman–Crippen MR) is 80.6 cm³/mol. The van der Waals surface area contributed by atoms with Crippen LogP contribution in [-0.4, -0.2) is 18.5 Å². The van der Waals surface area contributed by atoms with Gasteiger partial charge in [-0.1, -0.05) is 12.1 Å². The van der Waals surface area contributed by atoms with Crippen molar-refractivity contribution in [2.75, 3.05) is 6.54 Å². The Kier molecular flexibility index (Phi) is 6.43. The molecule has 1 fully saturated rings. The van der Waals surface area contributed by atoms with E-state index in [1.54, 1.807) is 13.0 Å². The summed E-state index contributed by atoms with van der Waals surface area (Å²) in [5.41, 5.74) is 1.42. The van der Waals surface area contributed by atoms with Crippen molar-refractivity contribution in [3.63, 3.8) is 0 Å². The molecule has 2 unspecified atom stereocenters. The minimum atomic E-state index is -0.226. The first-order chi connectivity index (χ1) is 9.06. The Balaban J connectivity index is 0.00000200. The number of amides is 1. The lowest BCUT2D eigenvalue weighted by Crippen LogP contribution is -2.33. The van der Waals surface area contributed by atoms with E-state index in [2.05, 4.69) is 10.6 Å². The van der Waals surface area contributed by atoms with E-state index in [-0.39, 0.29) is 30.2 Å². The summed E-state index contributed by atoms with van der Waals surface area (Å²) >= 11 is 0. The van der Waals surface area contributed by atoms with Crippen molar-refractivity contribution < 1.29 is 9.18 Å². The third kappa shape index (κ3) is 4.46. The lowest BCUT2D eigenvalue weighted by atomic mass is 10.1. The van der Waals surface area contributed by atoms with E-state index >= 15 is 0 Å². The number of nitrogens with one attached hydrogen (secondary N) is 2. The maximum absolute atomic E-state index is 13.5. The highest BCUT2D eigenvalue weighted by Gasteiger charge is 2.19. The summed E-state index contributed by atoms with van der Waals surface area (Å²) in [7, 11) is 0. The monoisotopic (exact) mass is 300 g/mol. The topological polar surface area (TPSA) is 41.1 Å². The Bertz CT molecular complexity index is 461. The van der Waals surface area contributed by atoms with E-state index in [0.717, 1.165) is 24.9 Å². The molecule has 0 radical (unpaired) electrons. The van der Waals surface area contributed by atoms with Gasteiger partial charge in [0.15, 0.2) is 0 Å². The van der Waals surface area contributed by atoms with Gasteiger partial charge in [0.1, 0.15) is 5.82 Å². The van der Waals surface area contributed by atoms with Crippen LogP contribution in [0.5, 0.6) is 0 Å². The highest BCUT2D eigenvalue weighted by molar-refractivity contribution is 5.85. The molecule has 2 rings (SSSR count). The predicted octanol–water partition coefficient (Wildman–Crippen LogP) is 2.88. The minimum absolute atomic E-state index is 0. The molecule has 112 valence electrons. The maximum Gasteiger partial charge on any atom is 0.222 e. The van der Waals surface area contributed by atoms with E-state index < -0.39 is 0 Å². The van der Waals surface area contributed by atoms with Gasteiger partial charge >= 0.3 is 0 Å². The van der Waals surface area contributed by atoms with Gasteiger partial charge in [0, 0.05) is 12.5 Å². The van der Waals surface area contributed by atoms with Crippen molar-refractivity contribution in [1.82, 2.24) is 10.6 Å². The minimum Gasteiger partial charge on any atom is -0.350 e. The van der Waals surface area contributed by atoms with Crippen molar-refractivity contribution in [2.24, 2.45) is 0 Å². The molecule has 20 heavy (non-hydrogen) atoms. The molecule has 1 aromatic carbocycles. The van der Waals surface area contributed by atoms with E-state index in [0.29, 0.717) is 18.0 Å². The van der Waals surface area contributed by atoms with Crippen molar-refractivity contribution in [3.8, 4) is 0 Å². The Morgan fingerprint density at radius 2 is 2.30 bits per heavy atom. The Morgan fingerprint density at radius 3 is 2.90 bits per heavy atom. The van der Waals surface area contributed by atoms with Crippen molar-refractivity contribution in [3.05, 3.63) is 35.1 Å². The third-order valence-corrected chi connectivity index (χ3v) is 3.67. The molecule has 0 aliphatic carbocycles. The molecule has 1 saturated heterocycles. The summed E-state index contributed by atoms with van der Waals surface area (Å²) in [4.78, 5) is 11.9. The van der Waals surface area contributed by atoms with Crippen LogP contribution in [0.1, 0.15) is 43.4 Å². The number of hydrogen-bond acceptors (Lipinski definition) is 2. The molecule has 0 saturated carbocycles. The molecule has 1 heterocycles. The van der Waals surface area contributed by atoms with Crippen LogP contribution in [0.4, 0.5) is 4.39 Å². The van der Waals surface area contributed by atoms with Crippen LogP contribution < -0.4 is 10.6 Å². The normalized spacial score (nSPS) is 19.2. The average Bonchev–Trinajstić information content (AvgIpc) is 2.85. The van der Waals surface area contributed by atoms with Gasteiger partial charge in [-0.2, -0.15) is 0 Å². The molecule has 1 aromatic rings. The zero-order valence-electron chi connectivity index (χ0n) is 11.9. The second kappa shape index (κ2) is 7.60. The molecule has 3 nitrogen and oxygen atoms in total. The summed E-state index contributed by atoms with van der Waals surface area (Å²) in [6.07, 6.45) is 2.69. The van der Waals surface area contributed by atoms with Gasteiger partial charge in [0.25, 0.3) is 0 Å². The van der Waals surface area contributed by atoms with E-state index in [1.807, 2.05) is 13.0 Å². The van der Waals surface area contributed by atoms with Crippen LogP contribution in [0.3, 0.4) is 0 Å². The molecule has 1 amide bonds. The number of halogens is 2. The van der Waals surface area contributed by atoms with Crippen LogP contribution in [0.2, 0.25) is 0 Å². The summed E-state index contributed by atoms with van der Waals surface area (Å²) in [6.45, 7) is 4.61. The standard InChI is InChI=1S/C15H21FN2O.ClH/c1-10-5-6-12(8-14(10)16)11(2)18-15(19)9-13-4-3-7-17-13;/h5-6,8,11,13,17H,3-4,7,9H2,1-2H3,(H,18,19);1H. The van der Waals surface area contributed by atoms with Crippen molar-refractivity contribution >= 4 is 18.3 Å². The van der Waals surface area contributed by atoms with Crippen LogP contribution in [0, 0.1) is 12.7 Å². The van der Waals surface area contributed by atoms with Gasteiger partial charge in [-0.25, -0.2) is 4.39 Å². The first-order valence-electron chi connectivity index (χ1n) is 6.85. The van der Waals surface area contributed by atoms with Gasteiger partial charge < -0.3 is 10.6 Å². The summed E-state index contributed by atoms with van der Waals surface area (Å²) in [5, 5.41) is 6.22. The molecule has 5 heteroatoms. The lowest BCUT2D eigenvalue weighted by Gasteiger charge is -2.17. The fraction of sp³-hybridized carbons (Fsp3) is 0.533. The number of aryl methyl sites for hydroxylation is 1. The molecule has 1 aliphatic heterocycles. The third-order valence-electron chi connectivity index (χ3n) is 3.67. The molecule has 2 N–H and O–H groups in total. The zero-order valence-corrected chi connectivity index (χ0v) is 12.7. The first-order valence-corrected chi connectivity index (χ1v) is 6.85. The Labute approximate surface area is 125 Å². The number of benzene rings is 1. The molecule has 0 spiro atoms. The SMILES string of the molecule is Cc1ccc(C(C)NC(=O)CC2CCCN2)cc1F.Cl. The summed E-state index contributed by atoms with van der Waals surface area (Å²) in [6, 6.07) is 5.22. The quantitative estimate of drug-likeness (QED) is 0.898. The summed E-state index contributed by atoms with van der Waals surface area (Å²) in [5.74, 6) is -0.205. The van der Waals surface area contributed by atoms with Gasteiger partial charge in [0.05, 0.1) is 6.04 Å². The van der Waals surface area contributed by atoms with Gasteiger partial charge in [-0.3, -0.25) is 4.79 Å². The molecule has 0 aromatic heterocycles. The molecular formula is C15H22ClFN2O. The number of hydrogen-bond donors (Lipinski definition) is 2. The molecule has 0 bridgehead atoms. The van der Waals surface area contributed by atoms with Gasteiger partial charge in [-0.05, 0) is 50.4 Å². The molecule has 1 aliphatic rings. The first kappa shape index (κ1) is 16.9. The fourth-order valence-corrected chi connectivity index (χ4v) is 2.42. The Morgan fingerprint density at radius 1 is 1.55 bits per heavy atom. The zero-order chi connectivity index (χ0) is 13.8. The van der Waals surface area contributed by atoms with Crippen LogP contribution in [0.25, 0.3) is 0 Å². The summed E-state index contributed by atoms with van der Waals surface area (Å²) < 4.78 is 13.5. The van der Waals surface area contributed by atoms with Crippen LogP contribution >= 0.6 is 12.4 Å². The maximum atomic E-state index is 13.5. The van der Waals surface area contributed by atoms with Crippen molar-refractivity contribution in [1.29, 1.82) is 0 Å². The smallest absolute Gasteiger partial charge is 0.222 e. The second-order valence-corrected chi connectivity index (χ2v) is 5.30. The lowest BCUT2D eigenvalue weighted by molar-refractivity contribution is -0.122. The largest absolute Gasteiger partial charge is 0.350 e. The van der Waals surface area contributed by atoms with E-state index in [4.69, 9.17) is 0 Å². The van der Waals surface area contributed by atoms with Gasteiger partial charge in [-0.15, -0.1) is 12.4 Å². The second-order valence-electron chi connectivity index (χ2n) is 5.30. The van der Waals surface area contributed by atoms with Gasteiger partial charge in [0.2, 0.25) is 5.91 Å². The number of carbonyl (C=O) groups excluding carboxylic acids is 1. The van der Waals surface area contributed by atoms with Crippen LogP contribution in [-0.2, 0) is 4.79 Å². The van der Waals surface area contributed by atoms with Crippen molar-refractivity contribution in [2.45, 2.75) is 45.2 Å². The molecule has 2 atom stereocenters. The van der Waals surface area contributed by atoms with E-state index in [9.17, 15) is 9.18 Å². The fourth-order valence-electron chi connectivity index (χ4n) is 2.42. The highest BCUT2D eigenvalue weighted by Crippen LogP contribution is 2.17. The highest BCUT2D eigenvalue weighted by atomic mass is 35.5. The number of carbonyl (C=O) groups is 1. The Hall–Kier alpha value is -1.13. The van der Waals surface area contributed by atoms with E-state index in [1.165, 1.54) is 6.07 Å². The number of rotatable bonds is 4. The average molecular weight is 301 g/mol. The van der Waals surface area contributed by atoms with Crippen LogP contribution in [0.15, 0.2) is 18.2 Å². The molecular weight excluding hydrogens is 279 g/mol.